The summed E-state index contributed by atoms with van der Waals surface area (Å²) in [6, 6.07) is 10.9. The van der Waals surface area contributed by atoms with Gasteiger partial charge in [0.05, 0.1) is 22.9 Å². The molecule has 1 N–H and O–H groups in total. The molecule has 0 aliphatic heterocycles. The fourth-order valence-corrected chi connectivity index (χ4v) is 3.30. The van der Waals surface area contributed by atoms with E-state index in [1.54, 1.807) is 26.2 Å². The fourth-order valence-electron chi connectivity index (χ4n) is 2.37. The predicted molar refractivity (Wildman–Crippen MR) is 106 cm³/mol. The predicted octanol–water partition coefficient (Wildman–Crippen LogP) is 3.66. The minimum absolute atomic E-state index is 0.184. The van der Waals surface area contributed by atoms with Gasteiger partial charge >= 0.3 is 0 Å². The van der Waals surface area contributed by atoms with Crippen molar-refractivity contribution in [1.29, 1.82) is 0 Å². The molecule has 0 aliphatic rings. The van der Waals surface area contributed by atoms with Crippen LogP contribution in [0.25, 0.3) is 11.4 Å². The van der Waals surface area contributed by atoms with Gasteiger partial charge in [0.25, 0.3) is 0 Å². The second-order valence-corrected chi connectivity index (χ2v) is 7.42. The van der Waals surface area contributed by atoms with Gasteiger partial charge in [0.2, 0.25) is 5.91 Å². The number of nitrogens with one attached hydrogen (secondary N) is 1. The fraction of sp³-hybridized carbons (Fsp3) is 0.222. The Morgan fingerprint density at radius 3 is 2.74 bits per heavy atom. The molecule has 27 heavy (non-hydrogen) atoms. The van der Waals surface area contributed by atoms with Gasteiger partial charge in [0.1, 0.15) is 11.6 Å². The molecule has 2 aromatic heterocycles. The molecular formula is C18H18ClN5O2S. The van der Waals surface area contributed by atoms with Gasteiger partial charge in [-0.1, -0.05) is 35.5 Å². The second kappa shape index (κ2) is 8.41. The maximum absolute atomic E-state index is 12.4. The van der Waals surface area contributed by atoms with E-state index in [1.807, 2.05) is 35.9 Å². The van der Waals surface area contributed by atoms with Crippen LogP contribution in [-0.4, -0.2) is 38.0 Å². The monoisotopic (exact) mass is 403 g/mol. The smallest absolute Gasteiger partial charge is 0.238 e. The molecule has 3 aromatic rings. The van der Waals surface area contributed by atoms with E-state index in [-0.39, 0.29) is 5.91 Å². The molecule has 0 radical (unpaired) electrons. The lowest BCUT2D eigenvalue weighted by Gasteiger charge is -2.12. The molecular weight excluding hydrogens is 386 g/mol. The second-order valence-electron chi connectivity index (χ2n) is 5.68. The number of hydrogen-bond donors (Lipinski definition) is 1. The summed E-state index contributed by atoms with van der Waals surface area (Å²) in [7, 11) is 3.47. The van der Waals surface area contributed by atoms with E-state index in [0.717, 1.165) is 5.56 Å². The van der Waals surface area contributed by atoms with Crippen LogP contribution >= 0.6 is 23.4 Å². The number of carbonyl (C=O) groups is 1. The molecule has 3 rings (SSSR count). The number of pyridine rings is 1. The van der Waals surface area contributed by atoms with Crippen molar-refractivity contribution in [2.75, 3.05) is 12.4 Å². The van der Waals surface area contributed by atoms with Gasteiger partial charge in [-0.25, -0.2) is 4.98 Å². The number of hydrogen-bond acceptors (Lipinski definition) is 6. The van der Waals surface area contributed by atoms with Crippen molar-refractivity contribution in [3.8, 4) is 17.1 Å². The van der Waals surface area contributed by atoms with Gasteiger partial charge in [-0.2, -0.15) is 0 Å². The summed E-state index contributed by atoms with van der Waals surface area (Å²) in [6.45, 7) is 1.80. The first kappa shape index (κ1) is 19.2. The summed E-state index contributed by atoms with van der Waals surface area (Å²) in [4.78, 5) is 16.5. The summed E-state index contributed by atoms with van der Waals surface area (Å²) in [5, 5.41) is 12.0. The average Bonchev–Trinajstić information content (AvgIpc) is 3.03. The van der Waals surface area contributed by atoms with E-state index in [1.165, 1.54) is 18.0 Å². The minimum Gasteiger partial charge on any atom is -0.496 e. The molecule has 2 heterocycles. The average molecular weight is 404 g/mol. The van der Waals surface area contributed by atoms with Crippen LogP contribution < -0.4 is 10.1 Å². The zero-order valence-electron chi connectivity index (χ0n) is 15.0. The summed E-state index contributed by atoms with van der Waals surface area (Å²) >= 11 is 7.12. The standard InChI is InChI=1S/C18H18ClN5O2S/c1-11(17(25)21-15-9-8-12(19)10-20-15)27-18-23-22-16(24(18)2)13-6-4-5-7-14(13)26-3/h4-11H,1-3H3,(H,20,21,25)/t11-/m0/s1. The Morgan fingerprint density at radius 1 is 1.26 bits per heavy atom. The number of carbonyl (C=O) groups excluding carboxylic acids is 1. The van der Waals surface area contributed by atoms with Crippen molar-refractivity contribution in [1.82, 2.24) is 19.7 Å². The molecule has 140 valence electrons. The maximum atomic E-state index is 12.4. The van der Waals surface area contributed by atoms with Crippen LogP contribution in [0, 0.1) is 0 Å². The third-order valence-corrected chi connectivity index (χ3v) is 5.17. The number of nitrogens with zero attached hydrogens (tertiary/aromatic N) is 4. The number of amides is 1. The van der Waals surface area contributed by atoms with E-state index < -0.39 is 5.25 Å². The van der Waals surface area contributed by atoms with Crippen LogP contribution in [0.3, 0.4) is 0 Å². The number of methoxy groups -OCH3 is 1. The van der Waals surface area contributed by atoms with Crippen LogP contribution in [0.1, 0.15) is 6.92 Å². The molecule has 0 spiro atoms. The molecule has 1 amide bonds. The van der Waals surface area contributed by atoms with E-state index >= 15 is 0 Å². The molecule has 0 aliphatic carbocycles. The normalized spacial score (nSPS) is 11.9. The maximum Gasteiger partial charge on any atom is 0.238 e. The SMILES string of the molecule is COc1ccccc1-c1nnc(S[C@@H](C)C(=O)Nc2ccc(Cl)cn2)n1C. The van der Waals surface area contributed by atoms with Crippen LogP contribution in [0.5, 0.6) is 5.75 Å². The molecule has 0 saturated heterocycles. The molecule has 7 nitrogen and oxygen atoms in total. The number of aromatic nitrogens is 4. The summed E-state index contributed by atoms with van der Waals surface area (Å²) in [5.41, 5.74) is 0.837. The van der Waals surface area contributed by atoms with Crippen LogP contribution in [0.15, 0.2) is 47.8 Å². The number of para-hydroxylation sites is 1. The molecule has 0 unspecified atom stereocenters. The van der Waals surface area contributed by atoms with E-state index in [2.05, 4.69) is 20.5 Å². The number of halogens is 1. The third-order valence-electron chi connectivity index (χ3n) is 3.81. The molecule has 0 fully saturated rings. The van der Waals surface area contributed by atoms with E-state index in [0.29, 0.717) is 27.6 Å². The lowest BCUT2D eigenvalue weighted by molar-refractivity contribution is -0.115. The van der Waals surface area contributed by atoms with Gasteiger partial charge in [-0.3, -0.25) is 4.79 Å². The first-order chi connectivity index (χ1) is 13.0. The Hall–Kier alpha value is -2.58. The van der Waals surface area contributed by atoms with E-state index in [4.69, 9.17) is 16.3 Å². The number of anilines is 1. The first-order valence-electron chi connectivity index (χ1n) is 8.11. The Labute approximate surface area is 166 Å². The van der Waals surface area contributed by atoms with Crippen molar-refractivity contribution in [3.63, 3.8) is 0 Å². The zero-order valence-corrected chi connectivity index (χ0v) is 16.6. The number of ether oxygens (including phenoxy) is 1. The highest BCUT2D eigenvalue weighted by Gasteiger charge is 2.20. The Kier molecular flexibility index (Phi) is 5.98. The minimum atomic E-state index is -0.393. The Morgan fingerprint density at radius 2 is 2.04 bits per heavy atom. The molecule has 0 saturated carbocycles. The zero-order chi connectivity index (χ0) is 19.4. The summed E-state index contributed by atoms with van der Waals surface area (Å²) in [5.74, 6) is 1.65. The molecule has 1 aromatic carbocycles. The van der Waals surface area contributed by atoms with Gasteiger partial charge in [0, 0.05) is 13.2 Å². The number of benzene rings is 1. The lowest BCUT2D eigenvalue weighted by Crippen LogP contribution is -2.23. The lowest BCUT2D eigenvalue weighted by atomic mass is 10.2. The highest BCUT2D eigenvalue weighted by Crippen LogP contribution is 2.31. The highest BCUT2D eigenvalue weighted by atomic mass is 35.5. The quantitative estimate of drug-likeness (QED) is 0.632. The van der Waals surface area contributed by atoms with Crippen molar-refractivity contribution >= 4 is 35.1 Å². The highest BCUT2D eigenvalue weighted by molar-refractivity contribution is 8.00. The third kappa shape index (κ3) is 4.40. The van der Waals surface area contributed by atoms with Crippen LogP contribution in [-0.2, 0) is 11.8 Å². The van der Waals surface area contributed by atoms with E-state index in [9.17, 15) is 4.79 Å². The Balaban J connectivity index is 1.73. The largest absolute Gasteiger partial charge is 0.496 e. The van der Waals surface area contributed by atoms with Crippen molar-refractivity contribution < 1.29 is 9.53 Å². The Bertz CT molecular complexity index is 945. The van der Waals surface area contributed by atoms with Gasteiger partial charge < -0.3 is 14.6 Å². The van der Waals surface area contributed by atoms with Gasteiger partial charge in [0.15, 0.2) is 11.0 Å². The topological polar surface area (TPSA) is 81.9 Å². The van der Waals surface area contributed by atoms with Gasteiger partial charge in [-0.05, 0) is 31.2 Å². The van der Waals surface area contributed by atoms with Crippen LogP contribution in [0.2, 0.25) is 5.02 Å². The summed E-state index contributed by atoms with van der Waals surface area (Å²) in [6.07, 6.45) is 1.48. The molecule has 0 bridgehead atoms. The number of rotatable bonds is 6. The van der Waals surface area contributed by atoms with Crippen LogP contribution in [0.4, 0.5) is 5.82 Å². The summed E-state index contributed by atoms with van der Waals surface area (Å²) < 4.78 is 7.23. The first-order valence-corrected chi connectivity index (χ1v) is 9.37. The van der Waals surface area contributed by atoms with Crippen molar-refractivity contribution in [2.24, 2.45) is 7.05 Å². The molecule has 1 atom stereocenters. The molecule has 9 heteroatoms. The van der Waals surface area contributed by atoms with Crippen molar-refractivity contribution in [3.05, 3.63) is 47.6 Å². The number of thioether (sulfide) groups is 1. The van der Waals surface area contributed by atoms with Gasteiger partial charge in [-0.15, -0.1) is 10.2 Å². The van der Waals surface area contributed by atoms with Crippen molar-refractivity contribution in [2.45, 2.75) is 17.3 Å².